The lowest BCUT2D eigenvalue weighted by Crippen LogP contribution is -2.58. The molecule has 0 aromatic rings. The molecule has 1 N–H and O–H groups in total. The molecule has 0 bridgehead atoms. The van der Waals surface area contributed by atoms with Gasteiger partial charge in [-0.15, -0.1) is 0 Å². The van der Waals surface area contributed by atoms with E-state index in [1.165, 1.54) is 6.42 Å². The van der Waals surface area contributed by atoms with Crippen molar-refractivity contribution in [2.75, 3.05) is 46.9 Å². The van der Waals surface area contributed by atoms with E-state index in [2.05, 4.69) is 37.9 Å². The minimum Gasteiger partial charge on any atom is -0.383 e. The lowest BCUT2D eigenvalue weighted by Gasteiger charge is -2.46. The van der Waals surface area contributed by atoms with Gasteiger partial charge < -0.3 is 19.9 Å². The number of carbonyl (C=O) groups is 1. The summed E-state index contributed by atoms with van der Waals surface area (Å²) in [6.45, 7) is 13.9. The van der Waals surface area contributed by atoms with Gasteiger partial charge in [0, 0.05) is 51.3 Å². The van der Waals surface area contributed by atoms with Crippen LogP contribution in [0.5, 0.6) is 0 Å². The van der Waals surface area contributed by atoms with Crippen LogP contribution in [0, 0.1) is 11.8 Å². The summed E-state index contributed by atoms with van der Waals surface area (Å²) < 4.78 is 5.17. The Morgan fingerprint density at radius 3 is 2.44 bits per heavy atom. The van der Waals surface area contributed by atoms with E-state index in [1.807, 2.05) is 11.9 Å². The van der Waals surface area contributed by atoms with Crippen molar-refractivity contribution < 1.29 is 9.53 Å². The van der Waals surface area contributed by atoms with E-state index >= 15 is 0 Å². The van der Waals surface area contributed by atoms with Gasteiger partial charge in [-0.3, -0.25) is 4.79 Å². The number of ether oxygens (including phenoxy) is 1. The Bertz CT molecular complexity index is 434. The van der Waals surface area contributed by atoms with Gasteiger partial charge in [-0.1, -0.05) is 0 Å². The Morgan fingerprint density at radius 2 is 1.84 bits per heavy atom. The van der Waals surface area contributed by atoms with E-state index in [9.17, 15) is 4.79 Å². The fraction of sp³-hybridized carbons (Fsp3) is 0.950. The van der Waals surface area contributed by atoms with Crippen molar-refractivity contribution in [2.45, 2.75) is 64.5 Å². The maximum Gasteiger partial charge on any atom is 0.222 e. The maximum absolute atomic E-state index is 12.7. The van der Waals surface area contributed by atoms with Gasteiger partial charge in [0.2, 0.25) is 5.91 Å². The molecule has 1 amide bonds. The lowest BCUT2D eigenvalue weighted by molar-refractivity contribution is -0.132. The molecule has 1 unspecified atom stereocenters. The van der Waals surface area contributed by atoms with Crippen molar-refractivity contribution in [3.8, 4) is 0 Å². The summed E-state index contributed by atoms with van der Waals surface area (Å²) >= 11 is 0. The molecule has 0 spiro atoms. The predicted octanol–water partition coefficient (Wildman–Crippen LogP) is 2.36. The van der Waals surface area contributed by atoms with Crippen LogP contribution in [-0.2, 0) is 9.53 Å². The highest BCUT2D eigenvalue weighted by Gasteiger charge is 2.38. The Morgan fingerprint density at radius 1 is 1.20 bits per heavy atom. The third-order valence-corrected chi connectivity index (χ3v) is 5.68. The second-order valence-corrected chi connectivity index (χ2v) is 9.59. The number of hydrogen-bond donors (Lipinski definition) is 1. The number of amides is 1. The molecular weight excluding hydrogens is 314 g/mol. The first-order chi connectivity index (χ1) is 11.6. The van der Waals surface area contributed by atoms with Gasteiger partial charge in [-0.05, 0) is 65.3 Å². The fourth-order valence-corrected chi connectivity index (χ4v) is 5.06. The number of nitrogens with zero attached hydrogens (tertiary/aromatic N) is 2. The smallest absolute Gasteiger partial charge is 0.222 e. The van der Waals surface area contributed by atoms with Crippen molar-refractivity contribution in [1.82, 2.24) is 15.1 Å². The van der Waals surface area contributed by atoms with Crippen LogP contribution >= 0.6 is 0 Å². The molecule has 0 saturated carbocycles. The number of rotatable bonds is 7. The number of hydrogen-bond acceptors (Lipinski definition) is 4. The van der Waals surface area contributed by atoms with Crippen LogP contribution in [0.4, 0.5) is 0 Å². The van der Waals surface area contributed by atoms with E-state index in [0.29, 0.717) is 24.2 Å². The van der Waals surface area contributed by atoms with Crippen LogP contribution < -0.4 is 5.32 Å². The highest BCUT2D eigenvalue weighted by atomic mass is 16.5. The topological polar surface area (TPSA) is 44.8 Å². The zero-order chi connectivity index (χ0) is 18.7. The summed E-state index contributed by atoms with van der Waals surface area (Å²) in [7, 11) is 3.74. The highest BCUT2D eigenvalue weighted by Crippen LogP contribution is 2.35. The van der Waals surface area contributed by atoms with Gasteiger partial charge >= 0.3 is 0 Å². The monoisotopic (exact) mass is 353 g/mol. The van der Waals surface area contributed by atoms with Gasteiger partial charge in [-0.2, -0.15) is 0 Å². The van der Waals surface area contributed by atoms with Crippen molar-refractivity contribution >= 4 is 5.91 Å². The van der Waals surface area contributed by atoms with E-state index in [4.69, 9.17) is 4.74 Å². The molecule has 2 saturated heterocycles. The Balaban J connectivity index is 1.78. The standard InChI is InChI=1S/C20H39N3O2/c1-19(2)12-17(13-20(3,4)21-19)11-18(24)22(5)14-16-7-8-23(15-16)9-10-25-6/h16-17,21H,7-15H2,1-6H3. The zero-order valence-corrected chi connectivity index (χ0v) is 17.2. The number of piperidine rings is 1. The van der Waals surface area contributed by atoms with Crippen LogP contribution in [0.2, 0.25) is 0 Å². The molecular formula is C20H39N3O2. The Kier molecular flexibility index (Phi) is 6.91. The van der Waals surface area contributed by atoms with E-state index in [1.54, 1.807) is 7.11 Å². The average Bonchev–Trinajstić information content (AvgIpc) is 2.89. The van der Waals surface area contributed by atoms with Gasteiger partial charge in [0.1, 0.15) is 0 Å². The van der Waals surface area contributed by atoms with E-state index < -0.39 is 0 Å². The third-order valence-electron chi connectivity index (χ3n) is 5.68. The molecule has 0 aliphatic carbocycles. The van der Waals surface area contributed by atoms with E-state index in [-0.39, 0.29) is 11.1 Å². The lowest BCUT2D eigenvalue weighted by atomic mass is 9.74. The predicted molar refractivity (Wildman–Crippen MR) is 103 cm³/mol. The van der Waals surface area contributed by atoms with Crippen molar-refractivity contribution in [2.24, 2.45) is 11.8 Å². The number of nitrogens with one attached hydrogen (secondary N) is 1. The first kappa shape index (κ1) is 20.7. The highest BCUT2D eigenvalue weighted by molar-refractivity contribution is 5.76. The zero-order valence-electron chi connectivity index (χ0n) is 17.2. The van der Waals surface area contributed by atoms with Gasteiger partial charge in [0.25, 0.3) is 0 Å². The van der Waals surface area contributed by atoms with E-state index in [0.717, 1.165) is 45.6 Å². The fourth-order valence-electron chi connectivity index (χ4n) is 5.06. The van der Waals surface area contributed by atoms with Gasteiger partial charge in [0.05, 0.1) is 6.61 Å². The molecule has 0 radical (unpaired) electrons. The summed E-state index contributed by atoms with van der Waals surface area (Å²) in [5.74, 6) is 1.39. The Labute approximate surface area is 154 Å². The molecule has 2 heterocycles. The molecule has 146 valence electrons. The SMILES string of the molecule is COCCN1CCC(CN(C)C(=O)CC2CC(C)(C)NC(C)(C)C2)C1. The van der Waals surface area contributed by atoms with Crippen molar-refractivity contribution in [3.63, 3.8) is 0 Å². The molecule has 0 aromatic heterocycles. The van der Waals surface area contributed by atoms with Crippen molar-refractivity contribution in [3.05, 3.63) is 0 Å². The minimum absolute atomic E-state index is 0.110. The first-order valence-corrected chi connectivity index (χ1v) is 9.85. The molecule has 5 heteroatoms. The number of methoxy groups -OCH3 is 1. The normalized spacial score (nSPS) is 26.7. The second-order valence-electron chi connectivity index (χ2n) is 9.59. The molecule has 0 aromatic carbocycles. The summed E-state index contributed by atoms with van der Waals surface area (Å²) in [6.07, 6.45) is 4.02. The summed E-state index contributed by atoms with van der Waals surface area (Å²) in [6, 6.07) is 0. The summed E-state index contributed by atoms with van der Waals surface area (Å²) in [4.78, 5) is 17.2. The molecule has 5 nitrogen and oxygen atoms in total. The molecule has 2 aliphatic rings. The third kappa shape index (κ3) is 6.54. The van der Waals surface area contributed by atoms with Crippen molar-refractivity contribution in [1.29, 1.82) is 0 Å². The Hall–Kier alpha value is -0.650. The van der Waals surface area contributed by atoms with Crippen LogP contribution in [0.1, 0.15) is 53.4 Å². The van der Waals surface area contributed by atoms with Crippen LogP contribution in [0.3, 0.4) is 0 Å². The molecule has 1 atom stereocenters. The summed E-state index contributed by atoms with van der Waals surface area (Å²) in [5.41, 5.74) is 0.219. The van der Waals surface area contributed by atoms with Crippen LogP contribution in [0.25, 0.3) is 0 Å². The van der Waals surface area contributed by atoms with Gasteiger partial charge in [-0.25, -0.2) is 0 Å². The molecule has 2 aliphatic heterocycles. The van der Waals surface area contributed by atoms with Crippen LogP contribution in [-0.4, -0.2) is 73.7 Å². The number of carbonyl (C=O) groups excluding carboxylic acids is 1. The molecule has 25 heavy (non-hydrogen) atoms. The maximum atomic E-state index is 12.7. The quantitative estimate of drug-likeness (QED) is 0.763. The minimum atomic E-state index is 0.110. The average molecular weight is 354 g/mol. The van der Waals surface area contributed by atoms with Crippen LogP contribution in [0.15, 0.2) is 0 Å². The van der Waals surface area contributed by atoms with Gasteiger partial charge in [0.15, 0.2) is 0 Å². The first-order valence-electron chi connectivity index (χ1n) is 9.85. The summed E-state index contributed by atoms with van der Waals surface area (Å²) in [5, 5.41) is 3.70. The number of likely N-dealkylation sites (tertiary alicyclic amines) is 1. The second kappa shape index (κ2) is 8.36. The molecule has 2 rings (SSSR count). The molecule has 2 fully saturated rings. The largest absolute Gasteiger partial charge is 0.383 e.